The number of rotatable bonds is 4. The van der Waals surface area contributed by atoms with Gasteiger partial charge in [-0.25, -0.2) is 0 Å². The zero-order valence-electron chi connectivity index (χ0n) is 8.85. The second-order valence-electron chi connectivity index (χ2n) is 3.30. The Hall–Kier alpha value is -0.910. The monoisotopic (exact) mass is 327 g/mol. The number of hydrogen-bond donors (Lipinski definition) is 1. The lowest BCUT2D eigenvalue weighted by atomic mass is 10.4. The minimum atomic E-state index is -0.0667. The Balaban J connectivity index is 1.82. The van der Waals surface area contributed by atoms with E-state index < -0.39 is 0 Å². The molecule has 0 atom stereocenters. The van der Waals surface area contributed by atoms with Crippen molar-refractivity contribution in [1.82, 2.24) is 5.32 Å². The quantitative estimate of drug-likeness (QED) is 0.848. The van der Waals surface area contributed by atoms with Crippen molar-refractivity contribution in [2.24, 2.45) is 0 Å². The van der Waals surface area contributed by atoms with Gasteiger partial charge >= 0.3 is 0 Å². The van der Waals surface area contributed by atoms with Gasteiger partial charge in [0.15, 0.2) is 0 Å². The molecule has 0 spiro atoms. The molecule has 0 aliphatic heterocycles. The molecule has 0 aromatic carbocycles. The van der Waals surface area contributed by atoms with E-state index in [9.17, 15) is 4.79 Å². The first-order chi connectivity index (χ1) is 8.24. The van der Waals surface area contributed by atoms with Crippen LogP contribution in [0, 0.1) is 0 Å². The summed E-state index contributed by atoms with van der Waals surface area (Å²) in [5.74, 6) is -0.0667. The highest BCUT2D eigenvalue weighted by Gasteiger charge is 1.99. The molecule has 17 heavy (non-hydrogen) atoms. The van der Waals surface area contributed by atoms with Gasteiger partial charge in [-0.1, -0.05) is 6.07 Å². The molecule has 88 valence electrons. The Morgan fingerprint density at radius 3 is 3.00 bits per heavy atom. The normalized spacial score (nSPS) is 10.9. The third-order valence-corrected chi connectivity index (χ3v) is 4.54. The summed E-state index contributed by atoms with van der Waals surface area (Å²) >= 11 is 6.62. The van der Waals surface area contributed by atoms with Crippen LogP contribution in [-0.2, 0) is 11.3 Å². The number of halogens is 1. The van der Waals surface area contributed by atoms with E-state index in [2.05, 4.69) is 21.2 Å². The number of hydrogen-bond acceptors (Lipinski definition) is 3. The van der Waals surface area contributed by atoms with Crippen molar-refractivity contribution in [3.63, 3.8) is 0 Å². The molecule has 2 aromatic rings. The van der Waals surface area contributed by atoms with E-state index in [-0.39, 0.29) is 5.91 Å². The standard InChI is InChI=1S/C12H10BrNOS2/c13-9-6-11(17-8-9)7-14-12(15)4-3-10-2-1-5-16-10/h1-6,8H,7H2,(H,14,15). The van der Waals surface area contributed by atoms with Crippen molar-refractivity contribution in [2.45, 2.75) is 6.54 Å². The molecule has 2 aromatic heterocycles. The first-order valence-electron chi connectivity index (χ1n) is 4.96. The van der Waals surface area contributed by atoms with Crippen molar-refractivity contribution in [3.05, 3.63) is 49.3 Å². The van der Waals surface area contributed by atoms with Crippen LogP contribution in [0.3, 0.4) is 0 Å². The molecule has 0 saturated carbocycles. The second-order valence-corrected chi connectivity index (χ2v) is 6.19. The number of carbonyl (C=O) groups excluding carboxylic acids is 1. The first kappa shape index (κ1) is 12.5. The third-order valence-electron chi connectivity index (χ3n) is 2.00. The summed E-state index contributed by atoms with van der Waals surface area (Å²) < 4.78 is 1.06. The van der Waals surface area contributed by atoms with E-state index in [1.165, 1.54) is 0 Å². The van der Waals surface area contributed by atoms with Gasteiger partial charge in [0, 0.05) is 25.7 Å². The van der Waals surface area contributed by atoms with Gasteiger partial charge in [0.25, 0.3) is 0 Å². The topological polar surface area (TPSA) is 29.1 Å². The molecule has 0 bridgehead atoms. The molecule has 2 heterocycles. The van der Waals surface area contributed by atoms with Crippen LogP contribution < -0.4 is 5.32 Å². The maximum absolute atomic E-state index is 11.5. The summed E-state index contributed by atoms with van der Waals surface area (Å²) in [5, 5.41) is 6.83. The molecule has 0 saturated heterocycles. The summed E-state index contributed by atoms with van der Waals surface area (Å²) in [7, 11) is 0. The van der Waals surface area contributed by atoms with Crippen LogP contribution in [0.4, 0.5) is 0 Å². The summed E-state index contributed by atoms with van der Waals surface area (Å²) in [6, 6.07) is 5.95. The fourth-order valence-corrected chi connectivity index (χ4v) is 3.23. The third kappa shape index (κ3) is 4.11. The average Bonchev–Trinajstić information content (AvgIpc) is 2.95. The van der Waals surface area contributed by atoms with Crippen LogP contribution in [0.5, 0.6) is 0 Å². The van der Waals surface area contributed by atoms with Gasteiger partial charge in [0.2, 0.25) is 5.91 Å². The maximum Gasteiger partial charge on any atom is 0.244 e. The van der Waals surface area contributed by atoms with Crippen LogP contribution in [0.15, 0.2) is 39.5 Å². The van der Waals surface area contributed by atoms with Crippen LogP contribution in [0.25, 0.3) is 6.08 Å². The van der Waals surface area contributed by atoms with Crippen LogP contribution in [0.1, 0.15) is 9.75 Å². The van der Waals surface area contributed by atoms with Gasteiger partial charge in [0.05, 0.1) is 6.54 Å². The van der Waals surface area contributed by atoms with Gasteiger partial charge in [-0.2, -0.15) is 0 Å². The molecular weight excluding hydrogens is 318 g/mol. The largest absolute Gasteiger partial charge is 0.348 e. The molecular formula is C12H10BrNOS2. The van der Waals surface area contributed by atoms with E-state index in [0.717, 1.165) is 14.2 Å². The lowest BCUT2D eigenvalue weighted by molar-refractivity contribution is -0.116. The summed E-state index contributed by atoms with van der Waals surface area (Å²) in [6.45, 7) is 0.573. The predicted molar refractivity (Wildman–Crippen MR) is 77.2 cm³/mol. The van der Waals surface area contributed by atoms with E-state index >= 15 is 0 Å². The molecule has 0 aliphatic rings. The predicted octanol–water partition coefficient (Wildman–Crippen LogP) is 3.90. The molecule has 1 N–H and O–H groups in total. The average molecular weight is 328 g/mol. The Bertz CT molecular complexity index is 516. The van der Waals surface area contributed by atoms with Crippen molar-refractivity contribution in [2.75, 3.05) is 0 Å². The number of thiophene rings is 2. The van der Waals surface area contributed by atoms with Gasteiger partial charge < -0.3 is 5.32 Å². The number of carbonyl (C=O) groups is 1. The van der Waals surface area contributed by atoms with Gasteiger partial charge in [-0.05, 0) is 39.5 Å². The van der Waals surface area contributed by atoms with Gasteiger partial charge in [-0.15, -0.1) is 22.7 Å². The van der Waals surface area contributed by atoms with Crippen molar-refractivity contribution in [3.8, 4) is 0 Å². The smallest absolute Gasteiger partial charge is 0.244 e. The van der Waals surface area contributed by atoms with Crippen molar-refractivity contribution >= 4 is 50.6 Å². The van der Waals surface area contributed by atoms with E-state index in [0.29, 0.717) is 6.54 Å². The molecule has 0 fully saturated rings. The Kier molecular flexibility index (Phi) is 4.53. The summed E-state index contributed by atoms with van der Waals surface area (Å²) in [5.41, 5.74) is 0. The lowest BCUT2D eigenvalue weighted by Gasteiger charge is -1.98. The van der Waals surface area contributed by atoms with E-state index in [1.54, 1.807) is 28.7 Å². The van der Waals surface area contributed by atoms with Crippen LogP contribution in [-0.4, -0.2) is 5.91 Å². The molecule has 0 aliphatic carbocycles. The minimum Gasteiger partial charge on any atom is -0.348 e. The van der Waals surface area contributed by atoms with Crippen molar-refractivity contribution < 1.29 is 4.79 Å². The Morgan fingerprint density at radius 2 is 2.35 bits per heavy atom. The van der Waals surface area contributed by atoms with Crippen LogP contribution in [0.2, 0.25) is 0 Å². The summed E-state index contributed by atoms with van der Waals surface area (Å²) in [6.07, 6.45) is 3.39. The lowest BCUT2D eigenvalue weighted by Crippen LogP contribution is -2.19. The van der Waals surface area contributed by atoms with E-state index in [4.69, 9.17) is 0 Å². The highest BCUT2D eigenvalue weighted by atomic mass is 79.9. The molecule has 1 amide bonds. The molecule has 0 radical (unpaired) electrons. The van der Waals surface area contributed by atoms with Gasteiger partial charge in [0.1, 0.15) is 0 Å². The molecule has 2 nitrogen and oxygen atoms in total. The SMILES string of the molecule is O=C(C=Cc1cccs1)NCc1cc(Br)cs1. The van der Waals surface area contributed by atoms with E-state index in [1.807, 2.05) is 35.0 Å². The maximum atomic E-state index is 11.5. The molecule has 0 unspecified atom stereocenters. The van der Waals surface area contributed by atoms with Crippen molar-refractivity contribution in [1.29, 1.82) is 0 Å². The Labute approximate surface area is 116 Å². The fraction of sp³-hybridized carbons (Fsp3) is 0.0833. The Morgan fingerprint density at radius 1 is 1.47 bits per heavy atom. The summed E-state index contributed by atoms with van der Waals surface area (Å²) in [4.78, 5) is 13.7. The fourth-order valence-electron chi connectivity index (χ4n) is 1.22. The zero-order chi connectivity index (χ0) is 12.1. The molecule has 2 rings (SSSR count). The number of nitrogens with one attached hydrogen (secondary N) is 1. The first-order valence-corrected chi connectivity index (χ1v) is 7.51. The van der Waals surface area contributed by atoms with Gasteiger partial charge in [-0.3, -0.25) is 4.79 Å². The number of amides is 1. The highest BCUT2D eigenvalue weighted by Crippen LogP contribution is 2.19. The highest BCUT2D eigenvalue weighted by molar-refractivity contribution is 9.10. The second kappa shape index (κ2) is 6.14. The zero-order valence-corrected chi connectivity index (χ0v) is 12.1. The minimum absolute atomic E-state index is 0.0667. The molecule has 5 heteroatoms. The van der Waals surface area contributed by atoms with Crippen LogP contribution >= 0.6 is 38.6 Å².